The summed E-state index contributed by atoms with van der Waals surface area (Å²) in [5, 5.41) is 5.21. The number of rotatable bonds is 5. The summed E-state index contributed by atoms with van der Waals surface area (Å²) >= 11 is 0. The first-order valence-corrected chi connectivity index (χ1v) is 6.79. The number of hydrogen-bond donors (Lipinski definition) is 2. The lowest BCUT2D eigenvalue weighted by atomic mass is 10.1. The number of aromatic nitrogens is 1. The van der Waals surface area contributed by atoms with E-state index >= 15 is 0 Å². The van der Waals surface area contributed by atoms with Gasteiger partial charge in [-0.15, -0.1) is 0 Å². The first-order chi connectivity index (χ1) is 10.6. The zero-order chi connectivity index (χ0) is 15.9. The summed E-state index contributed by atoms with van der Waals surface area (Å²) in [4.78, 5) is 27.5. The second kappa shape index (κ2) is 7.31. The second-order valence-corrected chi connectivity index (χ2v) is 4.76. The predicted octanol–water partition coefficient (Wildman–Crippen LogP) is 1.83. The summed E-state index contributed by atoms with van der Waals surface area (Å²) in [7, 11) is 0. The number of amides is 2. The lowest BCUT2D eigenvalue weighted by Crippen LogP contribution is -2.38. The molecule has 0 saturated heterocycles. The molecule has 0 fully saturated rings. The smallest absolute Gasteiger partial charge is 0.251 e. The third-order valence-corrected chi connectivity index (χ3v) is 3.08. The lowest BCUT2D eigenvalue weighted by Gasteiger charge is -2.14. The first-order valence-electron chi connectivity index (χ1n) is 6.79. The van der Waals surface area contributed by atoms with Crippen LogP contribution in [-0.2, 0) is 4.79 Å². The molecule has 0 aliphatic rings. The van der Waals surface area contributed by atoms with Crippen LogP contribution in [-0.4, -0.2) is 23.3 Å². The topological polar surface area (TPSA) is 71.1 Å². The number of carbonyl (C=O) groups excluding carboxylic acids is 2. The molecule has 2 rings (SSSR count). The Morgan fingerprint density at radius 2 is 1.95 bits per heavy atom. The Balaban J connectivity index is 1.84. The highest BCUT2D eigenvalue weighted by molar-refractivity contribution is 5.96. The van der Waals surface area contributed by atoms with Gasteiger partial charge in [-0.1, -0.05) is 6.07 Å². The monoisotopic (exact) mass is 301 g/mol. The van der Waals surface area contributed by atoms with Crippen LogP contribution in [0.4, 0.5) is 4.39 Å². The maximum Gasteiger partial charge on any atom is 0.251 e. The molecule has 1 heterocycles. The van der Waals surface area contributed by atoms with Gasteiger partial charge >= 0.3 is 0 Å². The van der Waals surface area contributed by atoms with Gasteiger partial charge in [0.1, 0.15) is 5.82 Å². The molecule has 1 unspecified atom stereocenters. The Morgan fingerprint density at radius 3 is 2.64 bits per heavy atom. The predicted molar refractivity (Wildman–Crippen MR) is 79.5 cm³/mol. The molecule has 0 saturated carbocycles. The quantitative estimate of drug-likeness (QED) is 0.885. The Kier molecular flexibility index (Phi) is 5.19. The molecule has 0 bridgehead atoms. The first kappa shape index (κ1) is 15.6. The van der Waals surface area contributed by atoms with Gasteiger partial charge in [0.25, 0.3) is 5.91 Å². The Labute approximate surface area is 127 Å². The van der Waals surface area contributed by atoms with Crippen LogP contribution in [0.25, 0.3) is 0 Å². The van der Waals surface area contributed by atoms with Gasteiger partial charge in [0.15, 0.2) is 0 Å². The second-order valence-electron chi connectivity index (χ2n) is 4.76. The van der Waals surface area contributed by atoms with E-state index in [9.17, 15) is 14.0 Å². The van der Waals surface area contributed by atoms with Crippen LogP contribution in [0.15, 0.2) is 48.8 Å². The Bertz CT molecular complexity index is 661. The van der Waals surface area contributed by atoms with Crippen molar-refractivity contribution in [3.8, 4) is 0 Å². The van der Waals surface area contributed by atoms with Crippen molar-refractivity contribution in [2.75, 3.05) is 6.54 Å². The number of nitrogens with one attached hydrogen (secondary N) is 2. The van der Waals surface area contributed by atoms with Crippen molar-refractivity contribution < 1.29 is 14.0 Å². The zero-order valence-corrected chi connectivity index (χ0v) is 12.0. The Morgan fingerprint density at radius 1 is 1.23 bits per heavy atom. The van der Waals surface area contributed by atoms with E-state index in [4.69, 9.17) is 0 Å². The van der Waals surface area contributed by atoms with E-state index in [2.05, 4.69) is 15.6 Å². The molecule has 0 aliphatic heterocycles. The molecule has 5 nitrogen and oxygen atoms in total. The van der Waals surface area contributed by atoms with Crippen LogP contribution >= 0.6 is 0 Å². The molecule has 2 N–H and O–H groups in total. The highest BCUT2D eigenvalue weighted by atomic mass is 19.1. The fourth-order valence-electron chi connectivity index (χ4n) is 1.92. The van der Waals surface area contributed by atoms with E-state index < -0.39 is 11.7 Å². The summed E-state index contributed by atoms with van der Waals surface area (Å²) in [6.45, 7) is 1.66. The summed E-state index contributed by atoms with van der Waals surface area (Å²) in [6, 6.07) is 8.70. The highest BCUT2D eigenvalue weighted by Crippen LogP contribution is 2.09. The van der Waals surface area contributed by atoms with Crippen molar-refractivity contribution in [2.24, 2.45) is 0 Å². The molecule has 0 aliphatic carbocycles. The van der Waals surface area contributed by atoms with Crippen molar-refractivity contribution in [1.82, 2.24) is 15.6 Å². The lowest BCUT2D eigenvalue weighted by molar-refractivity contribution is -0.120. The SMILES string of the molecule is CC(NC(=O)CNC(=O)c1cccc(F)c1)c1ccncc1. The maximum atomic E-state index is 13.0. The van der Waals surface area contributed by atoms with E-state index in [0.717, 1.165) is 11.6 Å². The van der Waals surface area contributed by atoms with Crippen LogP contribution < -0.4 is 10.6 Å². The van der Waals surface area contributed by atoms with Gasteiger partial charge in [0.05, 0.1) is 12.6 Å². The highest BCUT2D eigenvalue weighted by Gasteiger charge is 2.11. The Hall–Kier alpha value is -2.76. The largest absolute Gasteiger partial charge is 0.348 e. The molecular formula is C16H16FN3O2. The summed E-state index contributed by atoms with van der Waals surface area (Å²) in [5.74, 6) is -1.32. The number of carbonyl (C=O) groups is 2. The molecule has 2 amide bonds. The molecule has 0 radical (unpaired) electrons. The molecular weight excluding hydrogens is 285 g/mol. The molecule has 0 spiro atoms. The van der Waals surface area contributed by atoms with Crippen LogP contribution in [0.1, 0.15) is 28.9 Å². The average Bonchev–Trinajstić information content (AvgIpc) is 2.53. The molecule has 114 valence electrons. The number of pyridine rings is 1. The normalized spacial score (nSPS) is 11.5. The van der Waals surface area contributed by atoms with E-state index in [1.807, 2.05) is 6.92 Å². The van der Waals surface area contributed by atoms with Crippen LogP contribution in [0, 0.1) is 5.82 Å². The van der Waals surface area contributed by atoms with E-state index in [0.29, 0.717) is 0 Å². The molecule has 2 aromatic rings. The average molecular weight is 301 g/mol. The van der Waals surface area contributed by atoms with Gasteiger partial charge in [-0.25, -0.2) is 4.39 Å². The van der Waals surface area contributed by atoms with E-state index in [1.54, 1.807) is 24.5 Å². The van der Waals surface area contributed by atoms with Crippen molar-refractivity contribution in [3.63, 3.8) is 0 Å². The summed E-state index contributed by atoms with van der Waals surface area (Å²) in [6.07, 6.45) is 3.29. The minimum Gasteiger partial charge on any atom is -0.348 e. The molecule has 1 aromatic heterocycles. The van der Waals surface area contributed by atoms with Crippen molar-refractivity contribution in [2.45, 2.75) is 13.0 Å². The summed E-state index contributed by atoms with van der Waals surface area (Å²) in [5.41, 5.74) is 1.09. The standard InChI is InChI=1S/C16H16FN3O2/c1-11(12-5-7-18-8-6-12)20-15(21)10-19-16(22)13-3-2-4-14(17)9-13/h2-9,11H,10H2,1H3,(H,19,22)(H,20,21). The van der Waals surface area contributed by atoms with Gasteiger partial charge < -0.3 is 10.6 Å². The third-order valence-electron chi connectivity index (χ3n) is 3.08. The van der Waals surface area contributed by atoms with Gasteiger partial charge in [-0.2, -0.15) is 0 Å². The molecule has 6 heteroatoms. The molecule has 1 atom stereocenters. The number of hydrogen-bond acceptors (Lipinski definition) is 3. The van der Waals surface area contributed by atoms with Crippen LogP contribution in [0.2, 0.25) is 0 Å². The summed E-state index contributed by atoms with van der Waals surface area (Å²) < 4.78 is 13.0. The minimum atomic E-state index is -0.497. The van der Waals surface area contributed by atoms with Gasteiger partial charge in [-0.05, 0) is 42.8 Å². The number of benzene rings is 1. The van der Waals surface area contributed by atoms with Crippen molar-refractivity contribution >= 4 is 11.8 Å². The zero-order valence-electron chi connectivity index (χ0n) is 12.0. The molecule has 1 aromatic carbocycles. The van der Waals surface area contributed by atoms with Crippen molar-refractivity contribution in [3.05, 3.63) is 65.7 Å². The van der Waals surface area contributed by atoms with E-state index in [-0.39, 0.29) is 24.1 Å². The van der Waals surface area contributed by atoms with Crippen LogP contribution in [0.5, 0.6) is 0 Å². The third kappa shape index (κ3) is 4.37. The minimum absolute atomic E-state index is 0.176. The van der Waals surface area contributed by atoms with Gasteiger partial charge in [-0.3, -0.25) is 14.6 Å². The van der Waals surface area contributed by atoms with Gasteiger partial charge in [0, 0.05) is 18.0 Å². The number of halogens is 1. The maximum absolute atomic E-state index is 13.0. The fraction of sp³-hybridized carbons (Fsp3) is 0.188. The van der Waals surface area contributed by atoms with E-state index in [1.165, 1.54) is 18.2 Å². The fourth-order valence-corrected chi connectivity index (χ4v) is 1.92. The van der Waals surface area contributed by atoms with Crippen LogP contribution in [0.3, 0.4) is 0 Å². The molecule has 22 heavy (non-hydrogen) atoms. The van der Waals surface area contributed by atoms with Gasteiger partial charge in [0.2, 0.25) is 5.91 Å². The van der Waals surface area contributed by atoms with Crippen molar-refractivity contribution in [1.29, 1.82) is 0 Å². The number of nitrogens with zero attached hydrogens (tertiary/aromatic N) is 1.